The molecule has 0 aliphatic heterocycles. The number of hydrogen-bond acceptors (Lipinski definition) is 4. The largest absolute Gasteiger partial charge is 0.496 e. The first-order valence-electron chi connectivity index (χ1n) is 5.99. The van der Waals surface area contributed by atoms with E-state index in [9.17, 15) is 8.42 Å². The van der Waals surface area contributed by atoms with Crippen molar-refractivity contribution in [1.82, 2.24) is 0 Å². The van der Waals surface area contributed by atoms with Crippen molar-refractivity contribution in [1.29, 1.82) is 0 Å². The Morgan fingerprint density at radius 1 is 1.15 bits per heavy atom. The van der Waals surface area contributed by atoms with Gasteiger partial charge in [0.05, 0.1) is 12.0 Å². The number of ether oxygens (including phenoxy) is 1. The molecule has 0 aliphatic rings. The number of para-hydroxylation sites is 1. The lowest BCUT2D eigenvalue weighted by atomic mass is 10.2. The average molecular weight is 292 g/mol. The van der Waals surface area contributed by atoms with Crippen LogP contribution in [0.3, 0.4) is 0 Å². The monoisotopic (exact) mass is 292 g/mol. The third kappa shape index (κ3) is 3.49. The second-order valence-corrected chi connectivity index (χ2v) is 5.80. The van der Waals surface area contributed by atoms with E-state index in [-0.39, 0.29) is 4.90 Å². The Morgan fingerprint density at radius 3 is 2.60 bits per heavy atom. The molecule has 0 unspecified atom stereocenters. The number of benzene rings is 2. The molecule has 3 N–H and O–H groups in total. The van der Waals surface area contributed by atoms with E-state index < -0.39 is 10.0 Å². The minimum atomic E-state index is -3.69. The Balaban J connectivity index is 2.15. The van der Waals surface area contributed by atoms with Crippen molar-refractivity contribution in [3.05, 3.63) is 54.1 Å². The molecular formula is C14H16N2O3S. The fraction of sp³-hybridized carbons (Fsp3) is 0.143. The van der Waals surface area contributed by atoms with Gasteiger partial charge in [-0.1, -0.05) is 24.3 Å². The Labute approximate surface area is 118 Å². The predicted molar refractivity (Wildman–Crippen MR) is 78.1 cm³/mol. The van der Waals surface area contributed by atoms with E-state index in [0.29, 0.717) is 12.2 Å². The molecule has 0 heterocycles. The molecule has 5 nitrogen and oxygen atoms in total. The van der Waals surface area contributed by atoms with Crippen LogP contribution in [0.2, 0.25) is 0 Å². The predicted octanol–water partition coefficient (Wildman–Crippen LogP) is 1.95. The minimum absolute atomic E-state index is 0.0857. The van der Waals surface area contributed by atoms with Gasteiger partial charge < -0.3 is 10.1 Å². The lowest BCUT2D eigenvalue weighted by Crippen LogP contribution is -2.12. The summed E-state index contributed by atoms with van der Waals surface area (Å²) < 4.78 is 27.8. The van der Waals surface area contributed by atoms with Gasteiger partial charge in [0.2, 0.25) is 10.0 Å². The maximum Gasteiger partial charge on any atom is 0.238 e. The van der Waals surface area contributed by atoms with Crippen molar-refractivity contribution in [3.8, 4) is 5.75 Å². The average Bonchev–Trinajstić information content (AvgIpc) is 2.45. The highest BCUT2D eigenvalue weighted by Crippen LogP contribution is 2.20. The number of hydrogen-bond donors (Lipinski definition) is 2. The van der Waals surface area contributed by atoms with Crippen LogP contribution in [0.15, 0.2) is 53.4 Å². The molecule has 0 bridgehead atoms. The van der Waals surface area contributed by atoms with Crippen molar-refractivity contribution >= 4 is 15.7 Å². The Morgan fingerprint density at radius 2 is 1.90 bits per heavy atom. The Bertz CT molecular complexity index is 699. The van der Waals surface area contributed by atoms with E-state index in [0.717, 1.165) is 11.3 Å². The van der Waals surface area contributed by atoms with Gasteiger partial charge in [-0.15, -0.1) is 0 Å². The van der Waals surface area contributed by atoms with Gasteiger partial charge in [-0.25, -0.2) is 13.6 Å². The van der Waals surface area contributed by atoms with E-state index in [4.69, 9.17) is 9.88 Å². The molecule has 0 amide bonds. The number of nitrogens with one attached hydrogen (secondary N) is 1. The van der Waals surface area contributed by atoms with Gasteiger partial charge in [0.15, 0.2) is 0 Å². The Hall–Kier alpha value is -2.05. The molecule has 0 aromatic heterocycles. The second kappa shape index (κ2) is 5.94. The molecule has 0 fully saturated rings. The molecule has 106 valence electrons. The number of rotatable bonds is 5. The summed E-state index contributed by atoms with van der Waals surface area (Å²) in [6.45, 7) is 0.526. The first-order valence-corrected chi connectivity index (χ1v) is 7.54. The number of sulfonamides is 1. The van der Waals surface area contributed by atoms with Crippen LogP contribution in [0.5, 0.6) is 5.75 Å². The van der Waals surface area contributed by atoms with Crippen LogP contribution in [0.25, 0.3) is 0 Å². The zero-order valence-corrected chi connectivity index (χ0v) is 11.9. The van der Waals surface area contributed by atoms with Crippen LogP contribution in [-0.2, 0) is 16.6 Å². The van der Waals surface area contributed by atoms with Crippen LogP contribution in [0.4, 0.5) is 5.69 Å². The minimum Gasteiger partial charge on any atom is -0.496 e. The summed E-state index contributed by atoms with van der Waals surface area (Å²) in [7, 11) is -2.07. The molecule has 0 saturated heterocycles. The number of nitrogens with two attached hydrogens (primary N) is 1. The van der Waals surface area contributed by atoms with E-state index in [1.54, 1.807) is 19.2 Å². The van der Waals surface area contributed by atoms with E-state index in [1.807, 2.05) is 24.3 Å². The molecule has 6 heteroatoms. The second-order valence-electron chi connectivity index (χ2n) is 4.24. The van der Waals surface area contributed by atoms with Gasteiger partial charge in [-0.05, 0) is 24.3 Å². The summed E-state index contributed by atoms with van der Waals surface area (Å²) in [5.74, 6) is 0.780. The highest BCUT2D eigenvalue weighted by molar-refractivity contribution is 7.89. The highest BCUT2D eigenvalue weighted by atomic mass is 32.2. The summed E-state index contributed by atoms with van der Waals surface area (Å²) in [6, 6.07) is 14.0. The topological polar surface area (TPSA) is 81.4 Å². The molecule has 20 heavy (non-hydrogen) atoms. The Kier molecular flexibility index (Phi) is 4.26. The smallest absolute Gasteiger partial charge is 0.238 e. The zero-order valence-electron chi connectivity index (χ0n) is 11.0. The highest BCUT2D eigenvalue weighted by Gasteiger charge is 2.08. The summed E-state index contributed by atoms with van der Waals surface area (Å²) in [4.78, 5) is 0.0857. The standard InChI is InChI=1S/C14H16N2O3S/c1-19-14-8-3-2-5-11(14)10-16-12-6-4-7-13(9-12)20(15,17)18/h2-9,16H,10H2,1H3,(H2,15,17,18). The van der Waals surface area contributed by atoms with Gasteiger partial charge in [0, 0.05) is 17.8 Å². The van der Waals surface area contributed by atoms with Crippen LogP contribution in [0, 0.1) is 0 Å². The molecule has 2 rings (SSSR count). The maximum atomic E-state index is 11.3. The van der Waals surface area contributed by atoms with Crippen molar-refractivity contribution < 1.29 is 13.2 Å². The molecule has 0 radical (unpaired) electrons. The van der Waals surface area contributed by atoms with Gasteiger partial charge in [0.1, 0.15) is 5.75 Å². The van der Waals surface area contributed by atoms with Crippen LogP contribution >= 0.6 is 0 Å². The number of primary sulfonamides is 1. The van der Waals surface area contributed by atoms with E-state index in [2.05, 4.69) is 5.32 Å². The first-order chi connectivity index (χ1) is 9.50. The molecule has 0 spiro atoms. The van der Waals surface area contributed by atoms with Gasteiger partial charge in [0.25, 0.3) is 0 Å². The van der Waals surface area contributed by atoms with Gasteiger partial charge >= 0.3 is 0 Å². The summed E-state index contributed by atoms with van der Waals surface area (Å²) in [6.07, 6.45) is 0. The lowest BCUT2D eigenvalue weighted by Gasteiger charge is -2.11. The fourth-order valence-corrected chi connectivity index (χ4v) is 2.39. The van der Waals surface area contributed by atoms with Gasteiger partial charge in [-0.2, -0.15) is 0 Å². The van der Waals surface area contributed by atoms with Crippen molar-refractivity contribution in [3.63, 3.8) is 0 Å². The van der Waals surface area contributed by atoms with Crippen molar-refractivity contribution in [2.45, 2.75) is 11.4 Å². The van der Waals surface area contributed by atoms with Crippen LogP contribution < -0.4 is 15.2 Å². The van der Waals surface area contributed by atoms with Gasteiger partial charge in [-0.3, -0.25) is 0 Å². The van der Waals surface area contributed by atoms with Crippen LogP contribution in [0.1, 0.15) is 5.56 Å². The molecule has 2 aromatic carbocycles. The summed E-state index contributed by atoms with van der Waals surface area (Å²) in [5.41, 5.74) is 1.67. The normalized spacial score (nSPS) is 11.1. The molecular weight excluding hydrogens is 276 g/mol. The quantitative estimate of drug-likeness (QED) is 0.882. The first kappa shape index (κ1) is 14.4. The number of anilines is 1. The third-order valence-corrected chi connectivity index (χ3v) is 3.75. The molecule has 0 aliphatic carbocycles. The van der Waals surface area contributed by atoms with Crippen LogP contribution in [-0.4, -0.2) is 15.5 Å². The maximum absolute atomic E-state index is 11.3. The molecule has 2 aromatic rings. The molecule has 0 atom stereocenters. The molecule has 0 saturated carbocycles. The van der Waals surface area contributed by atoms with E-state index >= 15 is 0 Å². The zero-order chi connectivity index (χ0) is 14.6. The number of methoxy groups -OCH3 is 1. The fourth-order valence-electron chi connectivity index (χ4n) is 1.83. The van der Waals surface area contributed by atoms with Crippen molar-refractivity contribution in [2.24, 2.45) is 5.14 Å². The summed E-state index contributed by atoms with van der Waals surface area (Å²) in [5, 5.41) is 8.25. The SMILES string of the molecule is COc1ccccc1CNc1cccc(S(N)(=O)=O)c1. The lowest BCUT2D eigenvalue weighted by molar-refractivity contribution is 0.410. The third-order valence-electron chi connectivity index (χ3n) is 2.84. The summed E-state index contributed by atoms with van der Waals surface area (Å²) >= 11 is 0. The van der Waals surface area contributed by atoms with Crippen molar-refractivity contribution in [2.75, 3.05) is 12.4 Å². The van der Waals surface area contributed by atoms with E-state index in [1.165, 1.54) is 12.1 Å².